The van der Waals surface area contributed by atoms with E-state index in [0.29, 0.717) is 0 Å². The van der Waals surface area contributed by atoms with Crippen molar-refractivity contribution in [1.29, 1.82) is 0 Å². The Morgan fingerprint density at radius 2 is 2.09 bits per heavy atom. The molecule has 0 amide bonds. The Morgan fingerprint density at radius 3 is 2.27 bits per heavy atom. The van der Waals surface area contributed by atoms with Crippen molar-refractivity contribution < 1.29 is 25.2 Å². The van der Waals surface area contributed by atoms with Crippen LogP contribution in [-0.2, 0) is 4.74 Å². The molecule has 11 heavy (non-hydrogen) atoms. The van der Waals surface area contributed by atoms with Crippen LogP contribution in [0.4, 0.5) is 0 Å². The highest BCUT2D eigenvalue weighted by molar-refractivity contribution is 9.10. The second-order valence-corrected chi connectivity index (χ2v) is 3.65. The number of aliphatic hydroxyl groups excluding tert-OH is 2. The van der Waals surface area contributed by atoms with Gasteiger partial charge in [0.1, 0.15) is 12.7 Å². The lowest BCUT2D eigenvalue weighted by molar-refractivity contribution is -0.243. The highest BCUT2D eigenvalue weighted by Gasteiger charge is 2.59. The minimum atomic E-state index is -2.12. The summed E-state index contributed by atoms with van der Waals surface area (Å²) >= 11 is 2.66. The van der Waals surface area contributed by atoms with Crippen molar-refractivity contribution in [3.8, 4) is 0 Å². The molecule has 4 N–H and O–H groups in total. The van der Waals surface area contributed by atoms with Crippen molar-refractivity contribution in [2.75, 3.05) is 13.2 Å². The summed E-state index contributed by atoms with van der Waals surface area (Å²) < 4.78 is 2.58. The third kappa shape index (κ3) is 1.20. The van der Waals surface area contributed by atoms with Crippen LogP contribution in [0.1, 0.15) is 0 Å². The molecule has 1 aliphatic heterocycles. The first-order valence-electron chi connectivity index (χ1n) is 3.00. The molecule has 3 atom stereocenters. The van der Waals surface area contributed by atoms with Gasteiger partial charge in [-0.3, -0.25) is 0 Å². The molecule has 0 bridgehead atoms. The minimum absolute atomic E-state index is 0.223. The lowest BCUT2D eigenvalue weighted by Crippen LogP contribution is -2.53. The molecule has 6 heteroatoms. The maximum atomic E-state index is 9.31. The molecule has 1 unspecified atom stereocenters. The van der Waals surface area contributed by atoms with E-state index in [-0.39, 0.29) is 6.61 Å². The Labute approximate surface area is 71.4 Å². The molecular formula is C5H9BrO5. The number of ether oxygens (including phenoxy) is 1. The molecule has 1 heterocycles. The third-order valence-electron chi connectivity index (χ3n) is 1.68. The zero-order valence-corrected chi connectivity index (χ0v) is 7.15. The normalized spacial score (nSPS) is 51.5. The number of aliphatic hydroxyl groups is 4. The Hall–Kier alpha value is 0.280. The highest BCUT2D eigenvalue weighted by Crippen LogP contribution is 2.38. The van der Waals surface area contributed by atoms with Crippen molar-refractivity contribution >= 4 is 15.9 Å². The van der Waals surface area contributed by atoms with Crippen LogP contribution in [0.5, 0.6) is 0 Å². The van der Waals surface area contributed by atoms with E-state index >= 15 is 0 Å². The molecule has 1 aliphatic rings. The summed E-state index contributed by atoms with van der Waals surface area (Å²) in [4.78, 5) is 0. The van der Waals surface area contributed by atoms with Gasteiger partial charge in [-0.15, -0.1) is 0 Å². The van der Waals surface area contributed by atoms with Crippen molar-refractivity contribution in [2.24, 2.45) is 0 Å². The summed E-state index contributed by atoms with van der Waals surface area (Å²) in [7, 11) is 0. The van der Waals surface area contributed by atoms with Gasteiger partial charge in [0, 0.05) is 0 Å². The molecule has 5 nitrogen and oxygen atoms in total. The first-order chi connectivity index (χ1) is 4.94. The van der Waals surface area contributed by atoms with Crippen LogP contribution in [0.2, 0.25) is 0 Å². The molecule has 0 aliphatic carbocycles. The number of halogens is 1. The van der Waals surface area contributed by atoms with E-state index in [0.717, 1.165) is 0 Å². The first-order valence-corrected chi connectivity index (χ1v) is 3.80. The molecule has 0 saturated carbocycles. The molecule has 1 rings (SSSR count). The van der Waals surface area contributed by atoms with Gasteiger partial charge in [-0.25, -0.2) is 0 Å². The van der Waals surface area contributed by atoms with Gasteiger partial charge in [-0.1, -0.05) is 0 Å². The summed E-state index contributed by atoms with van der Waals surface area (Å²) in [6, 6.07) is 0. The molecule has 0 aromatic rings. The Kier molecular flexibility index (Phi) is 2.26. The summed E-state index contributed by atoms with van der Waals surface area (Å²) in [5, 5.41) is 36.2. The molecule has 66 valence electrons. The fraction of sp³-hybridized carbons (Fsp3) is 1.00. The Bertz CT molecular complexity index is 158. The molecule has 0 radical (unpaired) electrons. The maximum Gasteiger partial charge on any atom is 0.232 e. The smallest absolute Gasteiger partial charge is 0.232 e. The lowest BCUT2D eigenvalue weighted by Gasteiger charge is -2.30. The fourth-order valence-electron chi connectivity index (χ4n) is 0.845. The second kappa shape index (κ2) is 2.65. The van der Waals surface area contributed by atoms with E-state index in [1.54, 1.807) is 0 Å². The fourth-order valence-corrected chi connectivity index (χ4v) is 1.22. The maximum absolute atomic E-state index is 9.31. The SMILES string of the molecule is OCC1(O)OC[C@@H](O)[C@@]1(O)Br. The third-order valence-corrected chi connectivity index (χ3v) is 2.83. The van der Waals surface area contributed by atoms with Crippen molar-refractivity contribution in [1.82, 2.24) is 0 Å². The zero-order chi connectivity index (χ0) is 8.70. The van der Waals surface area contributed by atoms with Crippen LogP contribution in [0.3, 0.4) is 0 Å². The largest absolute Gasteiger partial charge is 0.391 e. The van der Waals surface area contributed by atoms with Gasteiger partial charge in [-0.2, -0.15) is 0 Å². The molecule has 1 fully saturated rings. The van der Waals surface area contributed by atoms with E-state index in [2.05, 4.69) is 20.7 Å². The lowest BCUT2D eigenvalue weighted by atomic mass is 10.1. The van der Waals surface area contributed by atoms with E-state index < -0.39 is 23.0 Å². The number of hydrogen-bond acceptors (Lipinski definition) is 5. The molecule has 0 aromatic carbocycles. The van der Waals surface area contributed by atoms with Gasteiger partial charge >= 0.3 is 0 Å². The molecule has 0 spiro atoms. The molecule has 0 aromatic heterocycles. The second-order valence-electron chi connectivity index (χ2n) is 2.44. The zero-order valence-electron chi connectivity index (χ0n) is 5.57. The van der Waals surface area contributed by atoms with Crippen LogP contribution in [0.15, 0.2) is 0 Å². The summed E-state index contributed by atoms with van der Waals surface area (Å²) in [6.45, 7) is -1.01. The van der Waals surface area contributed by atoms with Gasteiger partial charge < -0.3 is 25.2 Å². The number of rotatable bonds is 1. The molecule has 1 saturated heterocycles. The van der Waals surface area contributed by atoms with Gasteiger partial charge in [0.25, 0.3) is 0 Å². The Balaban J connectivity index is 2.86. The quantitative estimate of drug-likeness (QED) is 0.396. The van der Waals surface area contributed by atoms with Crippen LogP contribution in [0.25, 0.3) is 0 Å². The van der Waals surface area contributed by atoms with Crippen LogP contribution < -0.4 is 0 Å². The monoisotopic (exact) mass is 228 g/mol. The average molecular weight is 229 g/mol. The number of hydrogen-bond donors (Lipinski definition) is 4. The average Bonchev–Trinajstić information content (AvgIpc) is 2.15. The number of alkyl halides is 1. The predicted octanol–water partition coefficient (Wildman–Crippen LogP) is -1.86. The van der Waals surface area contributed by atoms with Gasteiger partial charge in [0.15, 0.2) is 0 Å². The minimum Gasteiger partial charge on any atom is -0.391 e. The van der Waals surface area contributed by atoms with Crippen LogP contribution >= 0.6 is 15.9 Å². The summed E-state index contributed by atoms with van der Waals surface area (Å²) in [6.07, 6.45) is -1.25. The van der Waals surface area contributed by atoms with Crippen LogP contribution in [-0.4, -0.2) is 50.0 Å². The van der Waals surface area contributed by atoms with E-state index in [1.165, 1.54) is 0 Å². The van der Waals surface area contributed by atoms with Crippen molar-refractivity contribution in [3.05, 3.63) is 0 Å². The van der Waals surface area contributed by atoms with Crippen LogP contribution in [0, 0.1) is 0 Å². The highest BCUT2D eigenvalue weighted by atomic mass is 79.9. The Morgan fingerprint density at radius 1 is 1.55 bits per heavy atom. The van der Waals surface area contributed by atoms with Gasteiger partial charge in [0.2, 0.25) is 10.3 Å². The van der Waals surface area contributed by atoms with E-state index in [9.17, 15) is 10.2 Å². The standard InChI is InChI=1S/C5H9BrO5/c6-5(10)3(8)1-11-4(5,9)2-7/h3,7-10H,1-2H2/t3-,4?,5+/m1/s1. The van der Waals surface area contributed by atoms with Crippen molar-refractivity contribution in [3.63, 3.8) is 0 Å². The molecular weight excluding hydrogens is 220 g/mol. The van der Waals surface area contributed by atoms with E-state index in [1.807, 2.05) is 0 Å². The summed E-state index contributed by atoms with van der Waals surface area (Å²) in [5.74, 6) is -2.12. The van der Waals surface area contributed by atoms with Gasteiger partial charge in [-0.05, 0) is 15.9 Å². The van der Waals surface area contributed by atoms with Crippen molar-refractivity contribution in [2.45, 2.75) is 16.4 Å². The van der Waals surface area contributed by atoms with Gasteiger partial charge in [0.05, 0.1) is 6.61 Å². The topological polar surface area (TPSA) is 90.2 Å². The predicted molar refractivity (Wildman–Crippen MR) is 37.9 cm³/mol. The first kappa shape index (κ1) is 9.37. The summed E-state index contributed by atoms with van der Waals surface area (Å²) in [5.41, 5.74) is 0. The van der Waals surface area contributed by atoms with E-state index in [4.69, 9.17) is 10.2 Å².